The third-order valence-corrected chi connectivity index (χ3v) is 10.5. The van der Waals surface area contributed by atoms with Gasteiger partial charge in [-0.3, -0.25) is 19.4 Å². The zero-order chi connectivity index (χ0) is 35.8. The van der Waals surface area contributed by atoms with Crippen LogP contribution in [-0.4, -0.2) is 83.4 Å². The molecule has 3 aliphatic heterocycles. The standard InChI is InChI=1S/C42H42N4O6/c1-28-35(42(49)46(31-10-4-3-5-11-31)32-12-14-34(47)15-13-32)23-38(43(28)2)36-24-39-40(52-21-20-51-39)25-37(36)41(48)45-26-30-9-7-6-8-29(30)22-33(45)27-44-16-18-50-19-17-44/h3-15,23-25,33,47H,16-22,26-27H2,1-2H3/t33-/m0/s1. The van der Waals surface area contributed by atoms with E-state index in [9.17, 15) is 9.90 Å². The molecule has 1 aromatic heterocycles. The molecule has 0 radical (unpaired) electrons. The zero-order valence-corrected chi connectivity index (χ0v) is 29.5. The Balaban J connectivity index is 1.21. The topological polar surface area (TPSA) is 96.7 Å². The molecule has 4 aromatic carbocycles. The molecule has 0 bridgehead atoms. The van der Waals surface area contributed by atoms with Gasteiger partial charge in [-0.05, 0) is 79.1 Å². The molecule has 1 saturated heterocycles. The number of benzene rings is 4. The number of carbonyl (C=O) groups is 2. The van der Waals surface area contributed by atoms with Gasteiger partial charge in [-0.2, -0.15) is 0 Å². The van der Waals surface area contributed by atoms with Crippen LogP contribution in [0.2, 0.25) is 0 Å². The lowest BCUT2D eigenvalue weighted by Gasteiger charge is -2.40. The van der Waals surface area contributed by atoms with E-state index in [0.29, 0.717) is 78.2 Å². The summed E-state index contributed by atoms with van der Waals surface area (Å²) in [5.41, 5.74) is 6.82. The number of phenols is 1. The number of rotatable bonds is 7. The summed E-state index contributed by atoms with van der Waals surface area (Å²) in [5.74, 6) is 0.877. The van der Waals surface area contributed by atoms with Crippen molar-refractivity contribution in [1.29, 1.82) is 0 Å². The molecular weight excluding hydrogens is 656 g/mol. The molecule has 3 aliphatic rings. The SMILES string of the molecule is Cc1c(C(=O)N(c2ccccc2)c2ccc(O)cc2)cc(-c2cc3c(cc2C(=O)N2Cc4ccccc4C[C@H]2CN2CCOCC2)OCCO3)n1C. The van der Waals surface area contributed by atoms with Crippen LogP contribution in [0.4, 0.5) is 11.4 Å². The maximum atomic E-state index is 15.1. The van der Waals surface area contributed by atoms with Crippen molar-refractivity contribution in [2.45, 2.75) is 25.9 Å². The van der Waals surface area contributed by atoms with Crippen molar-refractivity contribution in [3.05, 3.63) is 125 Å². The van der Waals surface area contributed by atoms with Crippen molar-refractivity contribution in [3.8, 4) is 28.5 Å². The molecule has 1 atom stereocenters. The molecule has 4 heterocycles. The van der Waals surface area contributed by atoms with Crippen LogP contribution in [-0.2, 0) is 24.8 Å². The molecule has 1 fully saturated rings. The summed E-state index contributed by atoms with van der Waals surface area (Å²) in [5, 5.41) is 10.0. The van der Waals surface area contributed by atoms with Gasteiger partial charge in [0, 0.05) is 67.6 Å². The third-order valence-electron chi connectivity index (χ3n) is 10.5. The number of nitrogens with zero attached hydrogens (tertiary/aromatic N) is 4. The highest BCUT2D eigenvalue weighted by atomic mass is 16.6. The number of amides is 2. The minimum absolute atomic E-state index is 0.0430. The van der Waals surface area contributed by atoms with Gasteiger partial charge in [-0.15, -0.1) is 0 Å². The van der Waals surface area contributed by atoms with Gasteiger partial charge in [0.05, 0.1) is 24.3 Å². The van der Waals surface area contributed by atoms with E-state index in [1.165, 1.54) is 5.56 Å². The third kappa shape index (κ3) is 6.40. The monoisotopic (exact) mass is 698 g/mol. The fourth-order valence-corrected chi connectivity index (χ4v) is 7.56. The number of para-hydroxylation sites is 1. The molecule has 0 saturated carbocycles. The Kier molecular flexibility index (Phi) is 9.17. The first-order valence-electron chi connectivity index (χ1n) is 17.8. The van der Waals surface area contributed by atoms with Gasteiger partial charge in [0.15, 0.2) is 11.5 Å². The minimum Gasteiger partial charge on any atom is -0.508 e. The average molecular weight is 699 g/mol. The highest BCUT2D eigenvalue weighted by Gasteiger charge is 2.35. The predicted molar refractivity (Wildman–Crippen MR) is 199 cm³/mol. The fraction of sp³-hybridized carbons (Fsp3) is 0.286. The molecule has 1 N–H and O–H groups in total. The molecule has 52 heavy (non-hydrogen) atoms. The quantitative estimate of drug-likeness (QED) is 0.212. The largest absolute Gasteiger partial charge is 0.508 e. The molecule has 266 valence electrons. The van der Waals surface area contributed by atoms with Gasteiger partial charge in [0.25, 0.3) is 11.8 Å². The van der Waals surface area contributed by atoms with Gasteiger partial charge < -0.3 is 28.8 Å². The van der Waals surface area contributed by atoms with Crippen LogP contribution >= 0.6 is 0 Å². The lowest BCUT2D eigenvalue weighted by atomic mass is 9.92. The van der Waals surface area contributed by atoms with Crippen molar-refractivity contribution < 1.29 is 28.9 Å². The summed E-state index contributed by atoms with van der Waals surface area (Å²) < 4.78 is 19.7. The van der Waals surface area contributed by atoms with Crippen LogP contribution in [0, 0.1) is 6.92 Å². The molecule has 0 spiro atoms. The molecule has 10 heteroatoms. The van der Waals surface area contributed by atoms with E-state index >= 15 is 4.79 Å². The zero-order valence-electron chi connectivity index (χ0n) is 29.5. The number of anilines is 2. The first kappa shape index (κ1) is 33.6. The lowest BCUT2D eigenvalue weighted by Crippen LogP contribution is -2.52. The predicted octanol–water partition coefficient (Wildman–Crippen LogP) is 6.36. The average Bonchev–Trinajstić information content (AvgIpc) is 3.48. The van der Waals surface area contributed by atoms with Gasteiger partial charge in [0.2, 0.25) is 0 Å². The maximum Gasteiger partial charge on any atom is 0.264 e. The molecule has 5 aromatic rings. The second kappa shape index (κ2) is 14.2. The Labute approximate surface area is 303 Å². The number of carbonyl (C=O) groups excluding carboxylic acids is 2. The smallest absolute Gasteiger partial charge is 0.264 e. The van der Waals surface area contributed by atoms with Crippen LogP contribution in [0.25, 0.3) is 11.3 Å². The molecular formula is C42H42N4O6. The number of aromatic hydroxyl groups is 1. The van der Waals surface area contributed by atoms with Gasteiger partial charge in [-0.25, -0.2) is 0 Å². The second-order valence-corrected chi connectivity index (χ2v) is 13.6. The van der Waals surface area contributed by atoms with E-state index in [1.54, 1.807) is 29.2 Å². The molecule has 0 aliphatic carbocycles. The first-order chi connectivity index (χ1) is 25.4. The van der Waals surface area contributed by atoms with E-state index in [2.05, 4.69) is 23.1 Å². The Morgan fingerprint density at radius 3 is 2.17 bits per heavy atom. The van der Waals surface area contributed by atoms with Crippen LogP contribution in [0.5, 0.6) is 17.2 Å². The van der Waals surface area contributed by atoms with Crippen molar-refractivity contribution in [2.75, 3.05) is 51.0 Å². The van der Waals surface area contributed by atoms with E-state index < -0.39 is 0 Å². The van der Waals surface area contributed by atoms with Crippen molar-refractivity contribution >= 4 is 23.2 Å². The van der Waals surface area contributed by atoms with E-state index in [-0.39, 0.29) is 23.6 Å². The normalized spacial score (nSPS) is 17.0. The number of hydrogen-bond acceptors (Lipinski definition) is 7. The summed E-state index contributed by atoms with van der Waals surface area (Å²) in [4.78, 5) is 35.7. The number of aromatic nitrogens is 1. The number of morpholine rings is 1. The van der Waals surface area contributed by atoms with Crippen molar-refractivity contribution in [3.63, 3.8) is 0 Å². The second-order valence-electron chi connectivity index (χ2n) is 13.6. The van der Waals surface area contributed by atoms with Crippen molar-refractivity contribution in [1.82, 2.24) is 14.4 Å². The molecule has 0 unspecified atom stereocenters. The van der Waals surface area contributed by atoms with Crippen LogP contribution in [0.15, 0.2) is 97.1 Å². The van der Waals surface area contributed by atoms with Crippen LogP contribution in [0.3, 0.4) is 0 Å². The van der Waals surface area contributed by atoms with Gasteiger partial charge in [-0.1, -0.05) is 42.5 Å². The van der Waals surface area contributed by atoms with E-state index in [1.807, 2.05) is 78.0 Å². The van der Waals surface area contributed by atoms with Crippen LogP contribution in [0.1, 0.15) is 37.5 Å². The summed E-state index contributed by atoms with van der Waals surface area (Å²) in [7, 11) is 1.91. The molecule has 8 rings (SSSR count). The lowest BCUT2D eigenvalue weighted by molar-refractivity contribution is 0.0193. The Hall–Kier alpha value is -5.58. The summed E-state index contributed by atoms with van der Waals surface area (Å²) in [6.07, 6.45) is 0.758. The highest BCUT2D eigenvalue weighted by molar-refractivity contribution is 6.12. The Morgan fingerprint density at radius 1 is 0.788 bits per heavy atom. The first-order valence-corrected chi connectivity index (χ1v) is 17.8. The number of hydrogen-bond donors (Lipinski definition) is 1. The van der Waals surface area contributed by atoms with Gasteiger partial charge >= 0.3 is 0 Å². The maximum absolute atomic E-state index is 15.1. The fourth-order valence-electron chi connectivity index (χ4n) is 7.56. The van der Waals surface area contributed by atoms with E-state index in [4.69, 9.17) is 14.2 Å². The van der Waals surface area contributed by atoms with E-state index in [0.717, 1.165) is 37.3 Å². The van der Waals surface area contributed by atoms with Gasteiger partial charge in [0.1, 0.15) is 19.0 Å². The molecule has 2 amide bonds. The number of fused-ring (bicyclic) bond motifs is 2. The van der Waals surface area contributed by atoms with Crippen LogP contribution < -0.4 is 14.4 Å². The summed E-state index contributed by atoms with van der Waals surface area (Å²) in [6.45, 7) is 6.99. The minimum atomic E-state index is -0.236. The number of ether oxygens (including phenoxy) is 3. The number of phenolic OH excluding ortho intramolecular Hbond substituents is 1. The summed E-state index contributed by atoms with van der Waals surface area (Å²) >= 11 is 0. The highest BCUT2D eigenvalue weighted by Crippen LogP contribution is 2.41. The van der Waals surface area contributed by atoms with Crippen molar-refractivity contribution in [2.24, 2.45) is 7.05 Å². The Morgan fingerprint density at radius 2 is 1.44 bits per heavy atom. The Bertz CT molecular complexity index is 2110. The molecule has 10 nitrogen and oxygen atoms in total. The summed E-state index contributed by atoms with van der Waals surface area (Å²) in [6, 6.07) is 29.9.